The zero-order valence-electron chi connectivity index (χ0n) is 12.1. The summed E-state index contributed by atoms with van der Waals surface area (Å²) < 4.78 is 26.7. The Balaban J connectivity index is 1.84. The van der Waals surface area contributed by atoms with Crippen LogP contribution in [0.3, 0.4) is 0 Å². The Hall–Kier alpha value is -2.09. The van der Waals surface area contributed by atoms with Crippen molar-refractivity contribution in [1.82, 2.24) is 4.72 Å². The number of hydrogen-bond donors (Lipinski definition) is 3. The van der Waals surface area contributed by atoms with Crippen molar-refractivity contribution >= 4 is 38.9 Å². The molecule has 0 bridgehead atoms. The number of halogens is 1. The lowest BCUT2D eigenvalue weighted by Crippen LogP contribution is -2.51. The molecule has 120 valence electrons. The van der Waals surface area contributed by atoms with Crippen molar-refractivity contribution in [3.63, 3.8) is 0 Å². The maximum absolute atomic E-state index is 12.3. The van der Waals surface area contributed by atoms with E-state index in [1.807, 2.05) is 6.92 Å². The van der Waals surface area contributed by atoms with Crippen molar-refractivity contribution in [2.45, 2.75) is 18.0 Å². The van der Waals surface area contributed by atoms with Gasteiger partial charge in [-0.25, -0.2) is 8.42 Å². The van der Waals surface area contributed by atoms with Crippen LogP contribution in [0.4, 0.5) is 11.4 Å². The fourth-order valence-corrected chi connectivity index (χ4v) is 3.83. The molecular formula is C15H14ClN3O3S. The molecule has 1 amide bonds. The molecule has 3 N–H and O–H groups in total. The summed E-state index contributed by atoms with van der Waals surface area (Å²) in [5.74, 6) is -0.547. The fraction of sp³-hybridized carbons (Fsp3) is 0.133. The molecule has 1 aliphatic rings. The van der Waals surface area contributed by atoms with Gasteiger partial charge in [0.15, 0.2) is 6.17 Å². The number of sulfonamides is 1. The van der Waals surface area contributed by atoms with E-state index < -0.39 is 22.1 Å². The van der Waals surface area contributed by atoms with E-state index in [2.05, 4.69) is 15.4 Å². The van der Waals surface area contributed by atoms with E-state index in [4.69, 9.17) is 11.6 Å². The summed E-state index contributed by atoms with van der Waals surface area (Å²) in [6, 6.07) is 11.6. The molecule has 0 radical (unpaired) electrons. The minimum atomic E-state index is -3.75. The molecule has 0 spiro atoms. The zero-order valence-corrected chi connectivity index (χ0v) is 13.7. The van der Waals surface area contributed by atoms with Gasteiger partial charge in [-0.3, -0.25) is 4.79 Å². The van der Waals surface area contributed by atoms with E-state index in [0.29, 0.717) is 16.4 Å². The monoisotopic (exact) mass is 351 g/mol. The number of benzene rings is 2. The average Bonchev–Trinajstić information content (AvgIpc) is 2.49. The highest BCUT2D eigenvalue weighted by molar-refractivity contribution is 7.89. The summed E-state index contributed by atoms with van der Waals surface area (Å²) >= 11 is 6.08. The lowest BCUT2D eigenvalue weighted by Gasteiger charge is -2.27. The molecular weight excluding hydrogens is 338 g/mol. The van der Waals surface area contributed by atoms with Crippen molar-refractivity contribution in [2.75, 3.05) is 10.6 Å². The number of rotatable bonds is 2. The van der Waals surface area contributed by atoms with Crippen LogP contribution < -0.4 is 15.4 Å². The molecule has 1 heterocycles. The lowest BCUT2D eigenvalue weighted by atomic mass is 10.2. The number of fused-ring (bicyclic) bond motifs is 1. The third-order valence-corrected chi connectivity index (χ3v) is 5.19. The summed E-state index contributed by atoms with van der Waals surface area (Å²) in [6.45, 7) is 1.88. The van der Waals surface area contributed by atoms with Crippen molar-refractivity contribution in [2.24, 2.45) is 0 Å². The maximum Gasteiger partial charge on any atom is 0.262 e. The first kappa shape index (κ1) is 15.8. The Bertz CT molecular complexity index is 883. The molecule has 8 heteroatoms. The number of carbonyl (C=O) groups is 1. The quantitative estimate of drug-likeness (QED) is 0.774. The van der Waals surface area contributed by atoms with Crippen LogP contribution in [0, 0.1) is 6.92 Å². The van der Waals surface area contributed by atoms with Gasteiger partial charge in [0, 0.05) is 0 Å². The molecule has 0 saturated heterocycles. The van der Waals surface area contributed by atoms with Crippen molar-refractivity contribution < 1.29 is 13.2 Å². The molecule has 0 saturated carbocycles. The first-order valence-electron chi connectivity index (χ1n) is 6.82. The normalized spacial score (nSPS) is 18.6. The Labute approximate surface area is 138 Å². The first-order valence-corrected chi connectivity index (χ1v) is 8.68. The molecule has 3 rings (SSSR count). The van der Waals surface area contributed by atoms with Gasteiger partial charge in [-0.1, -0.05) is 29.8 Å². The molecule has 6 nitrogen and oxygen atoms in total. The Morgan fingerprint density at radius 1 is 1.22 bits per heavy atom. The molecule has 0 aromatic heterocycles. The third kappa shape index (κ3) is 3.17. The molecule has 0 aliphatic carbocycles. The van der Waals surface area contributed by atoms with E-state index in [-0.39, 0.29) is 4.90 Å². The third-order valence-electron chi connectivity index (χ3n) is 3.39. The van der Waals surface area contributed by atoms with Gasteiger partial charge in [0.05, 0.1) is 16.4 Å². The highest BCUT2D eigenvalue weighted by Gasteiger charge is 2.33. The van der Waals surface area contributed by atoms with Crippen molar-refractivity contribution in [3.05, 3.63) is 53.1 Å². The predicted octanol–water partition coefficient (Wildman–Crippen LogP) is 2.32. The van der Waals surface area contributed by atoms with Crippen LogP contribution in [0.15, 0.2) is 47.4 Å². The topological polar surface area (TPSA) is 87.3 Å². The van der Waals surface area contributed by atoms with E-state index in [0.717, 1.165) is 5.56 Å². The summed E-state index contributed by atoms with van der Waals surface area (Å²) in [5, 5.41) is 5.86. The molecule has 2 aromatic rings. The van der Waals surface area contributed by atoms with Gasteiger partial charge in [-0.05, 0) is 36.8 Å². The minimum absolute atomic E-state index is 0.109. The number of hydrogen-bond acceptors (Lipinski definition) is 4. The first-order chi connectivity index (χ1) is 10.9. The van der Waals surface area contributed by atoms with E-state index >= 15 is 0 Å². The largest absolute Gasteiger partial charge is 0.360 e. The SMILES string of the molecule is Cc1ccc(NC(=O)[C@H]2Nc3ccccc3S(=O)(=O)N2)c(Cl)c1. The second kappa shape index (κ2) is 5.84. The van der Waals surface area contributed by atoms with Crippen molar-refractivity contribution in [1.29, 1.82) is 0 Å². The zero-order chi connectivity index (χ0) is 16.6. The standard InChI is InChI=1S/C15H14ClN3O3S/c1-9-6-7-11(10(16)8-9)18-15(20)14-17-12-4-2-3-5-13(12)23(21,22)19-14/h2-8,14,17,19H,1H3,(H,18,20)/t14-/m0/s1. The summed E-state index contributed by atoms with van der Waals surface area (Å²) in [6.07, 6.45) is -1.12. The number of nitrogens with one attached hydrogen (secondary N) is 3. The van der Waals surface area contributed by atoms with Gasteiger partial charge in [0.1, 0.15) is 4.90 Å². The minimum Gasteiger partial charge on any atom is -0.360 e. The number of para-hydroxylation sites is 1. The summed E-state index contributed by atoms with van der Waals surface area (Å²) in [4.78, 5) is 12.5. The lowest BCUT2D eigenvalue weighted by molar-refractivity contribution is -0.117. The van der Waals surface area contributed by atoms with E-state index in [1.54, 1.807) is 36.4 Å². The highest BCUT2D eigenvalue weighted by atomic mass is 35.5. The summed E-state index contributed by atoms with van der Waals surface area (Å²) in [7, 11) is -3.75. The molecule has 1 aliphatic heterocycles. The average molecular weight is 352 g/mol. The van der Waals surface area contributed by atoms with Gasteiger partial charge >= 0.3 is 0 Å². The number of aryl methyl sites for hydroxylation is 1. The molecule has 23 heavy (non-hydrogen) atoms. The Morgan fingerprint density at radius 2 is 1.96 bits per heavy atom. The van der Waals surface area contributed by atoms with Crippen LogP contribution in [0.2, 0.25) is 5.02 Å². The van der Waals surface area contributed by atoms with Gasteiger partial charge in [0.2, 0.25) is 10.0 Å². The van der Waals surface area contributed by atoms with Crippen LogP contribution in [0.1, 0.15) is 5.56 Å². The Morgan fingerprint density at radius 3 is 2.70 bits per heavy atom. The second-order valence-corrected chi connectivity index (χ2v) is 7.26. The van der Waals surface area contributed by atoms with E-state index in [1.165, 1.54) is 6.07 Å². The van der Waals surface area contributed by atoms with Crippen LogP contribution in [0.5, 0.6) is 0 Å². The molecule has 0 unspecified atom stereocenters. The second-order valence-electron chi connectivity index (χ2n) is 5.17. The molecule has 2 aromatic carbocycles. The van der Waals surface area contributed by atoms with Crippen molar-refractivity contribution in [3.8, 4) is 0 Å². The number of amides is 1. The van der Waals surface area contributed by atoms with Crippen LogP contribution in [-0.4, -0.2) is 20.5 Å². The van der Waals surface area contributed by atoms with Crippen LogP contribution >= 0.6 is 11.6 Å². The summed E-state index contributed by atoms with van der Waals surface area (Å²) in [5.41, 5.74) is 1.75. The Kier molecular flexibility index (Phi) is 4.01. The maximum atomic E-state index is 12.3. The van der Waals surface area contributed by atoms with Gasteiger partial charge < -0.3 is 10.6 Å². The van der Waals surface area contributed by atoms with Gasteiger partial charge in [0.25, 0.3) is 5.91 Å². The fourth-order valence-electron chi connectivity index (χ4n) is 2.27. The van der Waals surface area contributed by atoms with Crippen LogP contribution in [-0.2, 0) is 14.8 Å². The van der Waals surface area contributed by atoms with Crippen LogP contribution in [0.25, 0.3) is 0 Å². The number of carbonyl (C=O) groups excluding carboxylic acids is 1. The predicted molar refractivity (Wildman–Crippen MR) is 89.0 cm³/mol. The molecule has 1 atom stereocenters. The van der Waals surface area contributed by atoms with Gasteiger partial charge in [-0.15, -0.1) is 0 Å². The number of anilines is 2. The highest BCUT2D eigenvalue weighted by Crippen LogP contribution is 2.27. The van der Waals surface area contributed by atoms with E-state index in [9.17, 15) is 13.2 Å². The smallest absolute Gasteiger partial charge is 0.262 e. The van der Waals surface area contributed by atoms with Gasteiger partial charge in [-0.2, -0.15) is 4.72 Å². The molecule has 0 fully saturated rings.